The minimum atomic E-state index is 0.109. The average molecular weight is 346 g/mol. The van der Waals surface area contributed by atoms with Crippen molar-refractivity contribution in [2.75, 3.05) is 18.1 Å². The van der Waals surface area contributed by atoms with Gasteiger partial charge in [0, 0.05) is 23.4 Å². The molecule has 0 bridgehead atoms. The predicted molar refractivity (Wildman–Crippen MR) is 89.2 cm³/mol. The zero-order valence-corrected chi connectivity index (χ0v) is 14.7. The van der Waals surface area contributed by atoms with E-state index in [-0.39, 0.29) is 5.54 Å². The van der Waals surface area contributed by atoms with Gasteiger partial charge in [0.05, 0.1) is 11.1 Å². The normalized spacial score (nSPS) is 11.6. The standard InChI is InChI=1S/C15H24BrNOS/c1-5-19-10-9-18-14-12(7-6-8-13(14)16)11-17-15(2,3)4/h6-8,17H,5,9-11H2,1-4H3. The molecule has 0 aliphatic rings. The van der Waals surface area contributed by atoms with Gasteiger partial charge >= 0.3 is 0 Å². The van der Waals surface area contributed by atoms with Crippen LogP contribution < -0.4 is 10.1 Å². The van der Waals surface area contributed by atoms with E-state index in [2.05, 4.69) is 61.1 Å². The maximum absolute atomic E-state index is 5.93. The molecule has 0 saturated carbocycles. The summed E-state index contributed by atoms with van der Waals surface area (Å²) in [7, 11) is 0. The van der Waals surface area contributed by atoms with Gasteiger partial charge in [0.25, 0.3) is 0 Å². The Kier molecular flexibility index (Phi) is 7.26. The number of hydrogen-bond acceptors (Lipinski definition) is 3. The zero-order chi connectivity index (χ0) is 14.3. The molecular formula is C15H24BrNOS. The van der Waals surface area contributed by atoms with Crippen LogP contribution in [0.15, 0.2) is 22.7 Å². The summed E-state index contributed by atoms with van der Waals surface area (Å²) in [6.07, 6.45) is 0. The van der Waals surface area contributed by atoms with Crippen molar-refractivity contribution < 1.29 is 4.74 Å². The highest BCUT2D eigenvalue weighted by atomic mass is 79.9. The average Bonchev–Trinajstić information content (AvgIpc) is 2.33. The molecule has 0 heterocycles. The van der Waals surface area contributed by atoms with E-state index in [9.17, 15) is 0 Å². The summed E-state index contributed by atoms with van der Waals surface area (Å²) in [4.78, 5) is 0. The maximum atomic E-state index is 5.93. The van der Waals surface area contributed by atoms with E-state index >= 15 is 0 Å². The number of halogens is 1. The van der Waals surface area contributed by atoms with Crippen LogP contribution >= 0.6 is 27.7 Å². The van der Waals surface area contributed by atoms with E-state index in [1.54, 1.807) is 0 Å². The van der Waals surface area contributed by atoms with Crippen molar-refractivity contribution in [2.45, 2.75) is 39.8 Å². The Balaban J connectivity index is 2.66. The van der Waals surface area contributed by atoms with Crippen LogP contribution in [0.3, 0.4) is 0 Å². The first kappa shape index (κ1) is 16.9. The highest BCUT2D eigenvalue weighted by molar-refractivity contribution is 9.10. The molecule has 108 valence electrons. The van der Waals surface area contributed by atoms with Crippen LogP contribution in [0, 0.1) is 0 Å². The predicted octanol–water partition coefficient (Wildman–Crippen LogP) is 4.47. The molecular weight excluding hydrogens is 322 g/mol. The van der Waals surface area contributed by atoms with Gasteiger partial charge in [-0.15, -0.1) is 0 Å². The Morgan fingerprint density at radius 3 is 2.68 bits per heavy atom. The lowest BCUT2D eigenvalue weighted by Crippen LogP contribution is -2.35. The lowest BCUT2D eigenvalue weighted by atomic mass is 10.1. The van der Waals surface area contributed by atoms with E-state index in [4.69, 9.17) is 4.74 Å². The molecule has 0 saturated heterocycles. The van der Waals surface area contributed by atoms with Crippen LogP contribution in [0.4, 0.5) is 0 Å². The van der Waals surface area contributed by atoms with Crippen molar-refractivity contribution >= 4 is 27.7 Å². The highest BCUT2D eigenvalue weighted by Gasteiger charge is 2.12. The molecule has 0 aliphatic heterocycles. The molecule has 1 aromatic rings. The van der Waals surface area contributed by atoms with Crippen LogP contribution in [-0.2, 0) is 6.54 Å². The first-order chi connectivity index (χ1) is 8.94. The second-order valence-corrected chi connectivity index (χ2v) is 7.63. The minimum absolute atomic E-state index is 0.109. The summed E-state index contributed by atoms with van der Waals surface area (Å²) in [6, 6.07) is 6.20. The van der Waals surface area contributed by atoms with Crippen LogP contribution in [0.5, 0.6) is 5.75 Å². The smallest absolute Gasteiger partial charge is 0.137 e. The third-order valence-corrected chi connectivity index (χ3v) is 4.02. The molecule has 19 heavy (non-hydrogen) atoms. The van der Waals surface area contributed by atoms with Gasteiger partial charge in [-0.3, -0.25) is 0 Å². The summed E-state index contributed by atoms with van der Waals surface area (Å²) in [5.74, 6) is 3.14. The van der Waals surface area contributed by atoms with E-state index in [0.29, 0.717) is 0 Å². The quantitative estimate of drug-likeness (QED) is 0.736. The van der Waals surface area contributed by atoms with Gasteiger partial charge < -0.3 is 10.1 Å². The maximum Gasteiger partial charge on any atom is 0.137 e. The molecule has 1 rings (SSSR count). The third-order valence-electron chi connectivity index (χ3n) is 2.54. The number of ether oxygens (including phenoxy) is 1. The Bertz CT molecular complexity index is 390. The van der Waals surface area contributed by atoms with E-state index in [1.807, 2.05) is 17.8 Å². The van der Waals surface area contributed by atoms with Crippen molar-refractivity contribution in [3.05, 3.63) is 28.2 Å². The fourth-order valence-corrected chi connectivity index (χ4v) is 2.57. The van der Waals surface area contributed by atoms with Crippen molar-refractivity contribution in [1.29, 1.82) is 0 Å². The van der Waals surface area contributed by atoms with Crippen LogP contribution in [0.1, 0.15) is 33.3 Å². The Labute approximate surface area is 129 Å². The van der Waals surface area contributed by atoms with Gasteiger partial charge in [0.15, 0.2) is 0 Å². The van der Waals surface area contributed by atoms with Crippen molar-refractivity contribution in [3.8, 4) is 5.75 Å². The zero-order valence-electron chi connectivity index (χ0n) is 12.3. The number of para-hydroxylation sites is 1. The Morgan fingerprint density at radius 1 is 1.32 bits per heavy atom. The second kappa shape index (κ2) is 8.18. The third kappa shape index (κ3) is 6.68. The number of thioether (sulfide) groups is 1. The van der Waals surface area contributed by atoms with Crippen LogP contribution in [0.25, 0.3) is 0 Å². The van der Waals surface area contributed by atoms with Gasteiger partial charge in [-0.25, -0.2) is 0 Å². The molecule has 0 spiro atoms. The molecule has 0 aliphatic carbocycles. The largest absolute Gasteiger partial charge is 0.491 e. The monoisotopic (exact) mass is 345 g/mol. The first-order valence-electron chi connectivity index (χ1n) is 6.67. The SMILES string of the molecule is CCSCCOc1c(Br)cccc1CNC(C)(C)C. The molecule has 0 atom stereocenters. The van der Waals surface area contributed by atoms with Crippen molar-refractivity contribution in [2.24, 2.45) is 0 Å². The number of rotatable bonds is 7. The Hall–Kier alpha value is -0.190. The molecule has 0 unspecified atom stereocenters. The van der Waals surface area contributed by atoms with Gasteiger partial charge in [0.1, 0.15) is 5.75 Å². The number of hydrogen-bond donors (Lipinski definition) is 1. The molecule has 0 radical (unpaired) electrons. The van der Waals surface area contributed by atoms with E-state index < -0.39 is 0 Å². The van der Waals surface area contributed by atoms with E-state index in [1.165, 1.54) is 5.56 Å². The van der Waals surface area contributed by atoms with Crippen LogP contribution in [-0.4, -0.2) is 23.7 Å². The fourth-order valence-electron chi connectivity index (χ4n) is 1.56. The molecule has 1 aromatic carbocycles. The van der Waals surface area contributed by atoms with Crippen molar-refractivity contribution in [1.82, 2.24) is 5.32 Å². The second-order valence-electron chi connectivity index (χ2n) is 5.38. The lowest BCUT2D eigenvalue weighted by Gasteiger charge is -2.22. The van der Waals surface area contributed by atoms with Gasteiger partial charge in [-0.05, 0) is 48.5 Å². The summed E-state index contributed by atoms with van der Waals surface area (Å²) in [6.45, 7) is 10.3. The summed E-state index contributed by atoms with van der Waals surface area (Å²) < 4.78 is 6.96. The number of benzene rings is 1. The lowest BCUT2D eigenvalue weighted by molar-refractivity contribution is 0.333. The number of nitrogens with one attached hydrogen (secondary N) is 1. The molecule has 0 fully saturated rings. The fraction of sp³-hybridized carbons (Fsp3) is 0.600. The first-order valence-corrected chi connectivity index (χ1v) is 8.62. The molecule has 2 nitrogen and oxygen atoms in total. The highest BCUT2D eigenvalue weighted by Crippen LogP contribution is 2.29. The summed E-state index contributed by atoms with van der Waals surface area (Å²) in [5.41, 5.74) is 1.31. The minimum Gasteiger partial charge on any atom is -0.491 e. The molecule has 4 heteroatoms. The van der Waals surface area contributed by atoms with Gasteiger partial charge in [-0.1, -0.05) is 19.1 Å². The van der Waals surface area contributed by atoms with Gasteiger partial charge in [0.2, 0.25) is 0 Å². The van der Waals surface area contributed by atoms with Crippen molar-refractivity contribution in [3.63, 3.8) is 0 Å². The van der Waals surface area contributed by atoms with Crippen LogP contribution in [0.2, 0.25) is 0 Å². The summed E-state index contributed by atoms with van der Waals surface area (Å²) >= 11 is 5.48. The topological polar surface area (TPSA) is 21.3 Å². The Morgan fingerprint density at radius 2 is 2.05 bits per heavy atom. The van der Waals surface area contributed by atoms with E-state index in [0.717, 1.165) is 34.9 Å². The summed E-state index contributed by atoms with van der Waals surface area (Å²) in [5, 5.41) is 3.50. The van der Waals surface area contributed by atoms with Gasteiger partial charge in [-0.2, -0.15) is 11.8 Å². The molecule has 1 N–H and O–H groups in total. The molecule has 0 aromatic heterocycles. The molecule has 0 amide bonds.